The van der Waals surface area contributed by atoms with E-state index < -0.39 is 12.0 Å². The molecule has 0 bridgehead atoms. The number of methoxy groups -OCH3 is 1. The van der Waals surface area contributed by atoms with E-state index in [0.717, 1.165) is 12.8 Å². The van der Waals surface area contributed by atoms with Gasteiger partial charge in [-0.25, -0.2) is 9.97 Å². The van der Waals surface area contributed by atoms with Crippen molar-refractivity contribution in [2.75, 3.05) is 19.0 Å². The highest BCUT2D eigenvalue weighted by Crippen LogP contribution is 2.28. The molecule has 1 unspecified atom stereocenters. The lowest BCUT2D eigenvalue weighted by atomic mass is 10.2. The number of aromatic nitrogens is 2. The topological polar surface area (TPSA) is 47.0 Å². The third-order valence-electron chi connectivity index (χ3n) is 2.31. The fourth-order valence-corrected chi connectivity index (χ4v) is 1.76. The van der Waals surface area contributed by atoms with Crippen molar-refractivity contribution in [3.05, 3.63) is 17.0 Å². The molecule has 1 N–H and O–H groups in total. The lowest BCUT2D eigenvalue weighted by Gasteiger charge is -2.18. The monoisotopic (exact) mass is 297 g/mol. The average Bonchev–Trinajstić information content (AvgIpc) is 2.27. The van der Waals surface area contributed by atoms with Gasteiger partial charge in [0.2, 0.25) is 5.82 Å². The van der Waals surface area contributed by atoms with Crippen LogP contribution >= 0.6 is 11.6 Å². The van der Waals surface area contributed by atoms with E-state index in [9.17, 15) is 13.2 Å². The highest BCUT2D eigenvalue weighted by Gasteiger charge is 2.35. The van der Waals surface area contributed by atoms with E-state index in [0.29, 0.717) is 6.61 Å². The SMILES string of the molecule is CCCC(COC)Nc1cc(Cl)nc(C(F)(F)F)n1. The highest BCUT2D eigenvalue weighted by molar-refractivity contribution is 6.29. The molecule has 0 amide bonds. The first-order valence-electron chi connectivity index (χ1n) is 5.74. The van der Waals surface area contributed by atoms with Crippen molar-refractivity contribution in [3.63, 3.8) is 0 Å². The highest BCUT2D eigenvalue weighted by atomic mass is 35.5. The molecule has 0 saturated heterocycles. The standard InChI is InChI=1S/C11H15ClF3N3O/c1-3-4-7(6-19-2)16-9-5-8(12)17-10(18-9)11(13,14)15/h5,7H,3-4,6H2,1-2H3,(H,16,17,18). The van der Waals surface area contributed by atoms with Gasteiger partial charge in [-0.15, -0.1) is 0 Å². The summed E-state index contributed by atoms with van der Waals surface area (Å²) in [5.41, 5.74) is 0. The molecule has 1 heterocycles. The Morgan fingerprint density at radius 2 is 2.11 bits per heavy atom. The molecule has 0 aliphatic carbocycles. The zero-order chi connectivity index (χ0) is 14.5. The number of anilines is 1. The van der Waals surface area contributed by atoms with Crippen LogP contribution in [-0.2, 0) is 10.9 Å². The van der Waals surface area contributed by atoms with E-state index in [-0.39, 0.29) is 17.0 Å². The summed E-state index contributed by atoms with van der Waals surface area (Å²) in [7, 11) is 1.53. The Labute approximate surface area is 114 Å². The molecule has 4 nitrogen and oxygen atoms in total. The number of halogens is 4. The number of hydrogen-bond donors (Lipinski definition) is 1. The first-order valence-corrected chi connectivity index (χ1v) is 6.11. The Morgan fingerprint density at radius 1 is 1.42 bits per heavy atom. The van der Waals surface area contributed by atoms with Gasteiger partial charge in [0, 0.05) is 13.2 Å². The Kier molecular flexibility index (Phi) is 5.81. The van der Waals surface area contributed by atoms with Crippen molar-refractivity contribution >= 4 is 17.4 Å². The molecule has 1 rings (SSSR count). The second-order valence-corrected chi connectivity index (χ2v) is 4.37. The van der Waals surface area contributed by atoms with Gasteiger partial charge in [0.15, 0.2) is 0 Å². The normalized spacial score (nSPS) is 13.4. The van der Waals surface area contributed by atoms with E-state index in [1.165, 1.54) is 13.2 Å². The summed E-state index contributed by atoms with van der Waals surface area (Å²) in [5.74, 6) is -1.21. The van der Waals surface area contributed by atoms with Gasteiger partial charge >= 0.3 is 6.18 Å². The van der Waals surface area contributed by atoms with Crippen LogP contribution < -0.4 is 5.32 Å². The van der Waals surface area contributed by atoms with Crippen LogP contribution in [0.3, 0.4) is 0 Å². The van der Waals surface area contributed by atoms with Crippen LogP contribution in [0.1, 0.15) is 25.6 Å². The minimum atomic E-state index is -4.62. The summed E-state index contributed by atoms with van der Waals surface area (Å²) in [6.45, 7) is 2.34. The minimum Gasteiger partial charge on any atom is -0.383 e. The molecule has 19 heavy (non-hydrogen) atoms. The third-order valence-corrected chi connectivity index (χ3v) is 2.50. The maximum Gasteiger partial charge on any atom is 0.451 e. The van der Waals surface area contributed by atoms with E-state index in [1.54, 1.807) is 0 Å². The number of hydrogen-bond acceptors (Lipinski definition) is 4. The van der Waals surface area contributed by atoms with Crippen molar-refractivity contribution in [1.82, 2.24) is 9.97 Å². The van der Waals surface area contributed by atoms with Gasteiger partial charge in [0.05, 0.1) is 12.6 Å². The lowest BCUT2D eigenvalue weighted by molar-refractivity contribution is -0.144. The van der Waals surface area contributed by atoms with Gasteiger partial charge in [-0.05, 0) is 6.42 Å². The smallest absolute Gasteiger partial charge is 0.383 e. The molecular formula is C11H15ClF3N3O. The summed E-state index contributed by atoms with van der Waals surface area (Å²) in [6, 6.07) is 1.14. The van der Waals surface area contributed by atoms with Crippen LogP contribution in [-0.4, -0.2) is 29.7 Å². The molecule has 108 valence electrons. The molecule has 0 aliphatic rings. The van der Waals surface area contributed by atoms with E-state index in [1.807, 2.05) is 6.92 Å². The number of ether oxygens (including phenoxy) is 1. The second kappa shape index (κ2) is 6.91. The molecule has 1 aromatic heterocycles. The largest absolute Gasteiger partial charge is 0.451 e. The maximum atomic E-state index is 12.5. The Bertz CT molecular complexity index is 409. The van der Waals surface area contributed by atoms with Crippen molar-refractivity contribution in [2.45, 2.75) is 32.0 Å². The minimum absolute atomic E-state index is 0.0443. The first kappa shape index (κ1) is 16.0. The maximum absolute atomic E-state index is 12.5. The zero-order valence-electron chi connectivity index (χ0n) is 10.6. The average molecular weight is 298 g/mol. The molecule has 0 spiro atoms. The van der Waals surface area contributed by atoms with Crippen molar-refractivity contribution in [3.8, 4) is 0 Å². The molecule has 0 fully saturated rings. The van der Waals surface area contributed by atoms with Crippen molar-refractivity contribution < 1.29 is 17.9 Å². The van der Waals surface area contributed by atoms with E-state index >= 15 is 0 Å². The van der Waals surface area contributed by atoms with Gasteiger partial charge in [0.25, 0.3) is 0 Å². The van der Waals surface area contributed by atoms with Crippen LogP contribution in [0, 0.1) is 0 Å². The molecule has 1 atom stereocenters. The predicted molar refractivity (Wildman–Crippen MR) is 66.2 cm³/mol. The molecular weight excluding hydrogens is 283 g/mol. The van der Waals surface area contributed by atoms with Gasteiger partial charge in [-0.3, -0.25) is 0 Å². The zero-order valence-corrected chi connectivity index (χ0v) is 11.3. The van der Waals surface area contributed by atoms with Crippen LogP contribution in [0.5, 0.6) is 0 Å². The Morgan fingerprint density at radius 3 is 2.63 bits per heavy atom. The number of nitrogens with one attached hydrogen (secondary N) is 1. The van der Waals surface area contributed by atoms with E-state index in [4.69, 9.17) is 16.3 Å². The summed E-state index contributed by atoms with van der Waals surface area (Å²) in [5, 5.41) is 2.62. The predicted octanol–water partition coefficient (Wildman–Crippen LogP) is 3.38. The Hall–Kier alpha value is -1.08. The lowest BCUT2D eigenvalue weighted by Crippen LogP contribution is -2.26. The number of alkyl halides is 3. The summed E-state index contributed by atoms with van der Waals surface area (Å²) in [6.07, 6.45) is -3.01. The van der Waals surface area contributed by atoms with Gasteiger partial charge in [-0.2, -0.15) is 13.2 Å². The van der Waals surface area contributed by atoms with Crippen LogP contribution in [0.25, 0.3) is 0 Å². The van der Waals surface area contributed by atoms with Crippen LogP contribution in [0.4, 0.5) is 19.0 Å². The molecule has 0 aromatic carbocycles. The number of nitrogens with zero attached hydrogens (tertiary/aromatic N) is 2. The van der Waals surface area contributed by atoms with Crippen LogP contribution in [0.2, 0.25) is 5.15 Å². The van der Waals surface area contributed by atoms with Crippen molar-refractivity contribution in [2.24, 2.45) is 0 Å². The number of rotatable bonds is 6. The van der Waals surface area contributed by atoms with Crippen molar-refractivity contribution in [1.29, 1.82) is 0 Å². The third kappa shape index (κ3) is 5.20. The van der Waals surface area contributed by atoms with E-state index in [2.05, 4.69) is 15.3 Å². The quantitative estimate of drug-likeness (QED) is 0.818. The van der Waals surface area contributed by atoms with Gasteiger partial charge < -0.3 is 10.1 Å². The second-order valence-electron chi connectivity index (χ2n) is 3.98. The Balaban J connectivity index is 2.90. The summed E-state index contributed by atoms with van der Waals surface area (Å²) in [4.78, 5) is 6.58. The molecule has 0 aliphatic heterocycles. The summed E-state index contributed by atoms with van der Waals surface area (Å²) >= 11 is 5.57. The fourth-order valence-electron chi connectivity index (χ4n) is 1.57. The molecule has 0 saturated carbocycles. The first-order chi connectivity index (χ1) is 8.86. The molecule has 8 heteroatoms. The fraction of sp³-hybridized carbons (Fsp3) is 0.636. The van der Waals surface area contributed by atoms with Crippen LogP contribution in [0.15, 0.2) is 6.07 Å². The van der Waals surface area contributed by atoms with Gasteiger partial charge in [-0.1, -0.05) is 24.9 Å². The molecule has 0 radical (unpaired) electrons. The summed E-state index contributed by atoms with van der Waals surface area (Å²) < 4.78 is 42.6. The molecule has 1 aromatic rings. The van der Waals surface area contributed by atoms with Gasteiger partial charge in [0.1, 0.15) is 11.0 Å².